The SMILES string of the molecule is O=C(CCNC(=O)c1ccc2c(c1)OCO2)NCCC1=CCCCC1. The van der Waals surface area contributed by atoms with Gasteiger partial charge in [0.2, 0.25) is 12.7 Å². The fourth-order valence-corrected chi connectivity index (χ4v) is 3.01. The second kappa shape index (κ2) is 8.55. The van der Waals surface area contributed by atoms with Crippen LogP contribution in [0.15, 0.2) is 29.8 Å². The van der Waals surface area contributed by atoms with Gasteiger partial charge in [-0.1, -0.05) is 11.6 Å². The molecule has 3 rings (SSSR count). The molecule has 1 aliphatic heterocycles. The van der Waals surface area contributed by atoms with E-state index in [0.29, 0.717) is 30.2 Å². The highest BCUT2D eigenvalue weighted by atomic mass is 16.7. The largest absolute Gasteiger partial charge is 0.454 e. The summed E-state index contributed by atoms with van der Waals surface area (Å²) in [6, 6.07) is 5.04. The standard InChI is InChI=1S/C19H24N2O4/c22-18(20-10-8-14-4-2-1-3-5-14)9-11-21-19(23)15-6-7-16-17(12-15)25-13-24-16/h4,6-7,12H,1-3,5,8-11,13H2,(H,20,22)(H,21,23). The van der Waals surface area contributed by atoms with Crippen molar-refractivity contribution < 1.29 is 19.1 Å². The molecule has 6 nitrogen and oxygen atoms in total. The minimum Gasteiger partial charge on any atom is -0.454 e. The van der Waals surface area contributed by atoms with Crippen LogP contribution in [0.1, 0.15) is 48.9 Å². The maximum Gasteiger partial charge on any atom is 0.251 e. The Bertz CT molecular complexity index is 669. The van der Waals surface area contributed by atoms with Gasteiger partial charge < -0.3 is 20.1 Å². The van der Waals surface area contributed by atoms with E-state index in [1.807, 2.05) is 0 Å². The topological polar surface area (TPSA) is 76.7 Å². The van der Waals surface area contributed by atoms with Crippen LogP contribution in [-0.2, 0) is 4.79 Å². The van der Waals surface area contributed by atoms with E-state index in [1.54, 1.807) is 18.2 Å². The summed E-state index contributed by atoms with van der Waals surface area (Å²) in [5.74, 6) is 0.951. The number of fused-ring (bicyclic) bond motifs is 1. The number of ether oxygens (including phenoxy) is 2. The zero-order valence-corrected chi connectivity index (χ0v) is 14.3. The number of carbonyl (C=O) groups is 2. The van der Waals surface area contributed by atoms with Crippen molar-refractivity contribution in [2.24, 2.45) is 0 Å². The normalized spacial score (nSPS) is 15.4. The second-order valence-corrected chi connectivity index (χ2v) is 6.28. The summed E-state index contributed by atoms with van der Waals surface area (Å²) < 4.78 is 10.5. The molecule has 0 aromatic heterocycles. The van der Waals surface area contributed by atoms with Gasteiger partial charge in [0.15, 0.2) is 11.5 Å². The Morgan fingerprint density at radius 2 is 1.92 bits per heavy atom. The third-order valence-corrected chi connectivity index (χ3v) is 4.43. The predicted octanol–water partition coefficient (Wildman–Crippen LogP) is 2.54. The molecule has 0 unspecified atom stereocenters. The summed E-state index contributed by atoms with van der Waals surface area (Å²) in [5, 5.41) is 5.66. The average molecular weight is 344 g/mol. The molecule has 25 heavy (non-hydrogen) atoms. The highest BCUT2D eigenvalue weighted by Crippen LogP contribution is 2.32. The maximum atomic E-state index is 12.1. The second-order valence-electron chi connectivity index (χ2n) is 6.28. The van der Waals surface area contributed by atoms with Crippen LogP contribution in [0, 0.1) is 0 Å². The van der Waals surface area contributed by atoms with Gasteiger partial charge in [0.25, 0.3) is 5.91 Å². The Kier molecular flexibility index (Phi) is 5.93. The Morgan fingerprint density at radius 3 is 2.76 bits per heavy atom. The third kappa shape index (κ3) is 4.98. The smallest absolute Gasteiger partial charge is 0.251 e. The van der Waals surface area contributed by atoms with Crippen molar-refractivity contribution in [2.75, 3.05) is 19.9 Å². The van der Waals surface area contributed by atoms with Crippen LogP contribution >= 0.6 is 0 Å². The number of hydrogen-bond acceptors (Lipinski definition) is 4. The van der Waals surface area contributed by atoms with E-state index < -0.39 is 0 Å². The lowest BCUT2D eigenvalue weighted by Crippen LogP contribution is -2.31. The van der Waals surface area contributed by atoms with Crippen molar-refractivity contribution in [1.29, 1.82) is 0 Å². The molecule has 1 aromatic rings. The summed E-state index contributed by atoms with van der Waals surface area (Å²) in [7, 11) is 0. The lowest BCUT2D eigenvalue weighted by Gasteiger charge is -2.13. The average Bonchev–Trinajstić information content (AvgIpc) is 3.10. The van der Waals surface area contributed by atoms with Gasteiger partial charge in [-0.05, 0) is 50.3 Å². The van der Waals surface area contributed by atoms with Crippen molar-refractivity contribution >= 4 is 11.8 Å². The van der Waals surface area contributed by atoms with Crippen LogP contribution in [0.4, 0.5) is 0 Å². The summed E-state index contributed by atoms with van der Waals surface area (Å²) >= 11 is 0. The lowest BCUT2D eigenvalue weighted by molar-refractivity contribution is -0.120. The van der Waals surface area contributed by atoms with Gasteiger partial charge >= 0.3 is 0 Å². The number of allylic oxidation sites excluding steroid dienone is 1. The minimum atomic E-state index is -0.224. The first-order valence-electron chi connectivity index (χ1n) is 8.85. The van der Waals surface area contributed by atoms with Crippen molar-refractivity contribution in [1.82, 2.24) is 10.6 Å². The van der Waals surface area contributed by atoms with Crippen LogP contribution < -0.4 is 20.1 Å². The van der Waals surface area contributed by atoms with Gasteiger partial charge in [0.1, 0.15) is 0 Å². The molecule has 0 fully saturated rings. The molecular weight excluding hydrogens is 320 g/mol. The summed E-state index contributed by atoms with van der Waals surface area (Å²) in [6.07, 6.45) is 8.34. The van der Waals surface area contributed by atoms with E-state index in [4.69, 9.17) is 9.47 Å². The molecule has 134 valence electrons. The Hall–Kier alpha value is -2.50. The van der Waals surface area contributed by atoms with E-state index in [-0.39, 0.29) is 25.0 Å². The molecule has 0 saturated carbocycles. The van der Waals surface area contributed by atoms with Crippen molar-refractivity contribution in [3.05, 3.63) is 35.4 Å². The molecule has 0 atom stereocenters. The molecular formula is C19H24N2O4. The van der Waals surface area contributed by atoms with Gasteiger partial charge in [0.05, 0.1) is 0 Å². The fourth-order valence-electron chi connectivity index (χ4n) is 3.01. The number of carbonyl (C=O) groups excluding carboxylic acids is 2. The van der Waals surface area contributed by atoms with Crippen molar-refractivity contribution in [3.63, 3.8) is 0 Å². The molecule has 6 heteroatoms. The van der Waals surface area contributed by atoms with Crippen LogP contribution in [-0.4, -0.2) is 31.7 Å². The van der Waals surface area contributed by atoms with E-state index >= 15 is 0 Å². The summed E-state index contributed by atoms with van der Waals surface area (Å²) in [6.45, 7) is 1.15. The first-order chi connectivity index (χ1) is 12.2. The Balaban J connectivity index is 1.33. The molecule has 1 heterocycles. The van der Waals surface area contributed by atoms with Crippen LogP contribution in [0.25, 0.3) is 0 Å². The summed E-state index contributed by atoms with van der Waals surface area (Å²) in [4.78, 5) is 23.9. The third-order valence-electron chi connectivity index (χ3n) is 4.43. The highest BCUT2D eigenvalue weighted by Gasteiger charge is 2.16. The van der Waals surface area contributed by atoms with Gasteiger partial charge in [-0.3, -0.25) is 9.59 Å². The van der Waals surface area contributed by atoms with Gasteiger partial charge in [0, 0.05) is 25.1 Å². The fraction of sp³-hybridized carbons (Fsp3) is 0.474. The van der Waals surface area contributed by atoms with Gasteiger partial charge in [-0.25, -0.2) is 0 Å². The van der Waals surface area contributed by atoms with Gasteiger partial charge in [-0.2, -0.15) is 0 Å². The van der Waals surface area contributed by atoms with Crippen LogP contribution in [0.5, 0.6) is 11.5 Å². The van der Waals surface area contributed by atoms with E-state index in [0.717, 1.165) is 19.3 Å². The number of hydrogen-bond donors (Lipinski definition) is 2. The molecule has 1 aliphatic carbocycles. The minimum absolute atomic E-state index is 0.0394. The Morgan fingerprint density at radius 1 is 1.04 bits per heavy atom. The van der Waals surface area contributed by atoms with Crippen molar-refractivity contribution in [3.8, 4) is 11.5 Å². The van der Waals surface area contributed by atoms with Crippen LogP contribution in [0.3, 0.4) is 0 Å². The zero-order valence-electron chi connectivity index (χ0n) is 14.3. The molecule has 1 aromatic carbocycles. The van der Waals surface area contributed by atoms with E-state index in [9.17, 15) is 9.59 Å². The lowest BCUT2D eigenvalue weighted by atomic mass is 9.97. The molecule has 0 bridgehead atoms. The molecule has 2 amide bonds. The molecule has 2 aliphatic rings. The van der Waals surface area contributed by atoms with E-state index in [2.05, 4.69) is 16.7 Å². The zero-order chi connectivity index (χ0) is 17.5. The first kappa shape index (κ1) is 17.3. The van der Waals surface area contributed by atoms with Crippen molar-refractivity contribution in [2.45, 2.75) is 38.5 Å². The number of nitrogens with one attached hydrogen (secondary N) is 2. The quantitative estimate of drug-likeness (QED) is 0.745. The van der Waals surface area contributed by atoms with E-state index in [1.165, 1.54) is 18.4 Å². The first-order valence-corrected chi connectivity index (χ1v) is 8.85. The highest BCUT2D eigenvalue weighted by molar-refractivity contribution is 5.95. The maximum absolute atomic E-state index is 12.1. The molecule has 2 N–H and O–H groups in total. The molecule has 0 spiro atoms. The number of rotatable bonds is 7. The number of benzene rings is 1. The molecule has 0 radical (unpaired) electrons. The monoisotopic (exact) mass is 344 g/mol. The predicted molar refractivity (Wildman–Crippen MR) is 93.7 cm³/mol. The Labute approximate surface area is 147 Å². The number of amides is 2. The van der Waals surface area contributed by atoms with Gasteiger partial charge in [-0.15, -0.1) is 0 Å². The summed E-state index contributed by atoms with van der Waals surface area (Å²) in [5.41, 5.74) is 1.94. The molecule has 0 saturated heterocycles. The van der Waals surface area contributed by atoms with Crippen LogP contribution in [0.2, 0.25) is 0 Å².